The highest BCUT2D eigenvalue weighted by Gasteiger charge is 2.03. The second kappa shape index (κ2) is 3.59. The molecule has 0 bridgehead atoms. The first-order valence-corrected chi connectivity index (χ1v) is 4.38. The van der Waals surface area contributed by atoms with Crippen molar-refractivity contribution in [2.75, 3.05) is 5.48 Å². The van der Waals surface area contributed by atoms with Crippen molar-refractivity contribution in [3.63, 3.8) is 0 Å². The van der Waals surface area contributed by atoms with Crippen LogP contribution >= 0.6 is 0 Å². The van der Waals surface area contributed by atoms with Crippen LogP contribution in [0.25, 0.3) is 10.8 Å². The van der Waals surface area contributed by atoms with Gasteiger partial charge in [-0.2, -0.15) is 0 Å². The molecule has 0 atom stereocenters. The number of hydrogen-bond acceptors (Lipinski definition) is 3. The number of carboxylic acids is 1. The predicted molar refractivity (Wildman–Crippen MR) is 56.3 cm³/mol. The number of carbonyl (C=O) groups is 1. The molecule has 0 unspecified atom stereocenters. The average Bonchev–Trinajstić information content (AvgIpc) is 2.27. The van der Waals surface area contributed by atoms with E-state index in [1.54, 1.807) is 30.3 Å². The molecule has 0 saturated heterocycles. The Morgan fingerprint density at radius 2 is 1.73 bits per heavy atom. The standard InChI is InChI=1S/C11H9NO3/c13-11(14)9-2-1-8-6-10(12-15)4-3-7(8)5-9/h1-6,12,15H,(H,13,14). The number of anilines is 1. The maximum absolute atomic E-state index is 10.7. The third kappa shape index (κ3) is 1.75. The fourth-order valence-corrected chi connectivity index (χ4v) is 1.45. The number of fused-ring (bicyclic) bond motifs is 1. The van der Waals surface area contributed by atoms with Crippen LogP contribution in [0.3, 0.4) is 0 Å². The van der Waals surface area contributed by atoms with Crippen LogP contribution < -0.4 is 5.48 Å². The maximum Gasteiger partial charge on any atom is 0.335 e. The van der Waals surface area contributed by atoms with Crippen molar-refractivity contribution in [3.8, 4) is 0 Å². The minimum absolute atomic E-state index is 0.257. The van der Waals surface area contributed by atoms with Crippen molar-refractivity contribution in [3.05, 3.63) is 42.0 Å². The Kier molecular flexibility index (Phi) is 2.27. The van der Waals surface area contributed by atoms with E-state index in [0.29, 0.717) is 5.69 Å². The van der Waals surface area contributed by atoms with Crippen molar-refractivity contribution in [1.82, 2.24) is 0 Å². The van der Waals surface area contributed by atoms with Gasteiger partial charge in [0.25, 0.3) is 0 Å². The van der Waals surface area contributed by atoms with E-state index in [1.165, 1.54) is 6.07 Å². The van der Waals surface area contributed by atoms with Crippen LogP contribution in [0.1, 0.15) is 10.4 Å². The minimum Gasteiger partial charge on any atom is -0.478 e. The molecule has 4 heteroatoms. The van der Waals surface area contributed by atoms with E-state index in [0.717, 1.165) is 10.8 Å². The molecular formula is C11H9NO3. The molecule has 4 nitrogen and oxygen atoms in total. The molecule has 0 aliphatic heterocycles. The fourth-order valence-electron chi connectivity index (χ4n) is 1.45. The van der Waals surface area contributed by atoms with Crippen LogP contribution in [0.2, 0.25) is 0 Å². The van der Waals surface area contributed by atoms with E-state index < -0.39 is 5.97 Å². The van der Waals surface area contributed by atoms with Gasteiger partial charge >= 0.3 is 5.97 Å². The molecule has 2 aromatic carbocycles. The van der Waals surface area contributed by atoms with Gasteiger partial charge in [-0.1, -0.05) is 12.1 Å². The summed E-state index contributed by atoms with van der Waals surface area (Å²) >= 11 is 0. The Morgan fingerprint density at radius 1 is 1.07 bits per heavy atom. The maximum atomic E-state index is 10.7. The summed E-state index contributed by atoms with van der Waals surface area (Å²) in [6, 6.07) is 10.00. The second-order valence-corrected chi connectivity index (χ2v) is 3.19. The number of hydrogen-bond donors (Lipinski definition) is 3. The lowest BCUT2D eigenvalue weighted by atomic mass is 10.1. The molecule has 0 heterocycles. The quantitative estimate of drug-likeness (QED) is 0.655. The van der Waals surface area contributed by atoms with Crippen molar-refractivity contribution in [1.29, 1.82) is 0 Å². The lowest BCUT2D eigenvalue weighted by molar-refractivity contribution is 0.0697. The van der Waals surface area contributed by atoms with Gasteiger partial charge in [-0.3, -0.25) is 10.7 Å². The zero-order valence-electron chi connectivity index (χ0n) is 7.77. The Labute approximate surface area is 85.7 Å². The van der Waals surface area contributed by atoms with Gasteiger partial charge in [0.1, 0.15) is 0 Å². The van der Waals surface area contributed by atoms with E-state index in [1.807, 2.05) is 5.48 Å². The van der Waals surface area contributed by atoms with Crippen LogP contribution in [0, 0.1) is 0 Å². The fraction of sp³-hybridized carbons (Fsp3) is 0. The van der Waals surface area contributed by atoms with Crippen molar-refractivity contribution in [2.24, 2.45) is 0 Å². The molecule has 0 saturated carbocycles. The smallest absolute Gasteiger partial charge is 0.335 e. The number of aromatic carboxylic acids is 1. The number of carboxylic acid groups (broad SMARTS) is 1. The van der Waals surface area contributed by atoms with Gasteiger partial charge in [0.15, 0.2) is 0 Å². The molecule has 0 radical (unpaired) electrons. The Morgan fingerprint density at radius 3 is 2.40 bits per heavy atom. The molecule has 15 heavy (non-hydrogen) atoms. The summed E-state index contributed by atoms with van der Waals surface area (Å²) in [5, 5.41) is 19.2. The van der Waals surface area contributed by atoms with E-state index in [2.05, 4.69) is 0 Å². The van der Waals surface area contributed by atoms with Crippen LogP contribution in [0.15, 0.2) is 36.4 Å². The third-order valence-electron chi connectivity index (χ3n) is 2.22. The average molecular weight is 203 g/mol. The molecule has 2 rings (SSSR count). The van der Waals surface area contributed by atoms with Crippen LogP contribution in [0.5, 0.6) is 0 Å². The van der Waals surface area contributed by atoms with Crippen molar-refractivity contribution >= 4 is 22.4 Å². The van der Waals surface area contributed by atoms with E-state index in [4.69, 9.17) is 10.3 Å². The minimum atomic E-state index is -0.943. The molecular weight excluding hydrogens is 194 g/mol. The topological polar surface area (TPSA) is 69.6 Å². The molecule has 0 fully saturated rings. The highest BCUT2D eigenvalue weighted by Crippen LogP contribution is 2.20. The van der Waals surface area contributed by atoms with E-state index in [-0.39, 0.29) is 5.56 Å². The van der Waals surface area contributed by atoms with Gasteiger partial charge in [-0.15, -0.1) is 0 Å². The zero-order chi connectivity index (χ0) is 10.8. The molecule has 0 aromatic heterocycles. The number of rotatable bonds is 2. The van der Waals surface area contributed by atoms with Gasteiger partial charge < -0.3 is 5.11 Å². The Balaban J connectivity index is 2.59. The first-order valence-electron chi connectivity index (χ1n) is 4.38. The molecule has 0 amide bonds. The summed E-state index contributed by atoms with van der Waals surface area (Å²) in [6.45, 7) is 0. The molecule has 0 spiro atoms. The van der Waals surface area contributed by atoms with Gasteiger partial charge in [0, 0.05) is 0 Å². The second-order valence-electron chi connectivity index (χ2n) is 3.19. The molecule has 0 aliphatic carbocycles. The first-order chi connectivity index (χ1) is 7.20. The number of nitrogens with one attached hydrogen (secondary N) is 1. The largest absolute Gasteiger partial charge is 0.478 e. The highest BCUT2D eigenvalue weighted by molar-refractivity contribution is 5.95. The molecule has 2 aromatic rings. The van der Waals surface area contributed by atoms with Crippen LogP contribution in [-0.2, 0) is 0 Å². The lowest BCUT2D eigenvalue weighted by Gasteiger charge is -2.02. The summed E-state index contributed by atoms with van der Waals surface area (Å²) in [5.74, 6) is -0.943. The summed E-state index contributed by atoms with van der Waals surface area (Å²) in [4.78, 5) is 10.7. The van der Waals surface area contributed by atoms with Crippen molar-refractivity contribution < 1.29 is 15.1 Å². The molecule has 3 N–H and O–H groups in total. The highest BCUT2D eigenvalue weighted by atomic mass is 16.5. The predicted octanol–water partition coefficient (Wildman–Crippen LogP) is 2.34. The molecule has 76 valence electrons. The zero-order valence-corrected chi connectivity index (χ0v) is 7.77. The monoisotopic (exact) mass is 203 g/mol. The summed E-state index contributed by atoms with van der Waals surface area (Å²) in [5.41, 5.74) is 2.87. The summed E-state index contributed by atoms with van der Waals surface area (Å²) in [6.07, 6.45) is 0. The summed E-state index contributed by atoms with van der Waals surface area (Å²) < 4.78 is 0. The van der Waals surface area contributed by atoms with E-state index >= 15 is 0 Å². The van der Waals surface area contributed by atoms with Crippen LogP contribution in [-0.4, -0.2) is 16.3 Å². The summed E-state index contributed by atoms with van der Waals surface area (Å²) in [7, 11) is 0. The van der Waals surface area contributed by atoms with Gasteiger partial charge in [-0.25, -0.2) is 4.79 Å². The number of benzene rings is 2. The van der Waals surface area contributed by atoms with Gasteiger partial charge in [0.05, 0.1) is 11.3 Å². The first kappa shape index (κ1) is 9.48. The Hall–Kier alpha value is -2.07. The normalized spacial score (nSPS) is 10.2. The molecule has 0 aliphatic rings. The van der Waals surface area contributed by atoms with E-state index in [9.17, 15) is 4.79 Å². The van der Waals surface area contributed by atoms with Gasteiger partial charge in [0.2, 0.25) is 0 Å². The lowest BCUT2D eigenvalue weighted by Crippen LogP contribution is -1.95. The third-order valence-corrected chi connectivity index (χ3v) is 2.22. The Bertz CT molecular complexity index is 522. The van der Waals surface area contributed by atoms with Gasteiger partial charge in [-0.05, 0) is 35.0 Å². The SMILES string of the molecule is O=C(O)c1ccc2cc(NO)ccc2c1. The van der Waals surface area contributed by atoms with Crippen molar-refractivity contribution in [2.45, 2.75) is 0 Å². The van der Waals surface area contributed by atoms with Crippen LogP contribution in [0.4, 0.5) is 5.69 Å².